The minimum absolute atomic E-state index is 0.106. The predicted octanol–water partition coefficient (Wildman–Crippen LogP) is 3.29. The molecule has 1 atom stereocenters. The molecule has 1 amide bonds. The summed E-state index contributed by atoms with van der Waals surface area (Å²) in [6.45, 7) is 5.44. The van der Waals surface area contributed by atoms with Crippen molar-refractivity contribution in [3.63, 3.8) is 0 Å². The number of carbonyl (C=O) groups excluding carboxylic acids is 1. The Morgan fingerprint density at radius 2 is 2.00 bits per heavy atom. The molecule has 3 rings (SSSR count). The number of hydrogen-bond donors (Lipinski definition) is 1. The highest BCUT2D eigenvalue weighted by Crippen LogP contribution is 2.32. The molecule has 120 valence electrons. The van der Waals surface area contributed by atoms with Gasteiger partial charge in [0.25, 0.3) is 0 Å². The number of ether oxygens (including phenoxy) is 1. The average molecular weight is 302 g/mol. The van der Waals surface area contributed by atoms with E-state index >= 15 is 0 Å². The largest absolute Gasteiger partial charge is 0.378 e. The third kappa shape index (κ3) is 3.61. The summed E-state index contributed by atoms with van der Waals surface area (Å²) in [5, 5.41) is 3.10. The summed E-state index contributed by atoms with van der Waals surface area (Å²) < 4.78 is 5.39. The summed E-state index contributed by atoms with van der Waals surface area (Å²) in [7, 11) is 0. The van der Waals surface area contributed by atoms with E-state index in [4.69, 9.17) is 4.74 Å². The first-order valence-electron chi connectivity index (χ1n) is 8.47. The highest BCUT2D eigenvalue weighted by atomic mass is 16.5. The van der Waals surface area contributed by atoms with Gasteiger partial charge in [-0.25, -0.2) is 0 Å². The van der Waals surface area contributed by atoms with Crippen molar-refractivity contribution in [2.24, 2.45) is 11.8 Å². The SMILES string of the molecule is CC(C(=O)Nc1cccc(N2CCOCC2)c1)C1CCCC1. The molecule has 1 N–H and O–H groups in total. The Labute approximate surface area is 132 Å². The van der Waals surface area contributed by atoms with Crippen LogP contribution in [-0.2, 0) is 9.53 Å². The highest BCUT2D eigenvalue weighted by Gasteiger charge is 2.26. The fourth-order valence-electron chi connectivity index (χ4n) is 3.53. The number of rotatable bonds is 4. The molecule has 4 nitrogen and oxygen atoms in total. The Hall–Kier alpha value is -1.55. The molecule has 22 heavy (non-hydrogen) atoms. The first kappa shape index (κ1) is 15.3. The molecule has 1 unspecified atom stereocenters. The van der Waals surface area contributed by atoms with E-state index in [1.54, 1.807) is 0 Å². The van der Waals surface area contributed by atoms with Crippen LogP contribution in [0, 0.1) is 11.8 Å². The first-order chi connectivity index (χ1) is 10.7. The number of morpholine rings is 1. The molecule has 1 saturated heterocycles. The van der Waals surface area contributed by atoms with Crippen LogP contribution in [0.2, 0.25) is 0 Å². The third-order valence-corrected chi connectivity index (χ3v) is 5.01. The van der Waals surface area contributed by atoms with E-state index in [1.807, 2.05) is 12.1 Å². The van der Waals surface area contributed by atoms with Crippen LogP contribution in [0.4, 0.5) is 11.4 Å². The normalized spacial score (nSPS) is 20.9. The van der Waals surface area contributed by atoms with E-state index in [0.717, 1.165) is 37.7 Å². The first-order valence-corrected chi connectivity index (χ1v) is 8.47. The lowest BCUT2D eigenvalue weighted by Gasteiger charge is -2.29. The van der Waals surface area contributed by atoms with Gasteiger partial charge in [-0.2, -0.15) is 0 Å². The van der Waals surface area contributed by atoms with Gasteiger partial charge in [-0.05, 0) is 37.0 Å². The van der Waals surface area contributed by atoms with Gasteiger partial charge in [-0.3, -0.25) is 4.79 Å². The van der Waals surface area contributed by atoms with Crippen molar-refractivity contribution in [3.8, 4) is 0 Å². The predicted molar refractivity (Wildman–Crippen MR) is 89.2 cm³/mol. The maximum atomic E-state index is 12.4. The quantitative estimate of drug-likeness (QED) is 0.928. The molecule has 1 aromatic rings. The Bertz CT molecular complexity index is 506. The van der Waals surface area contributed by atoms with Crippen LogP contribution in [0.15, 0.2) is 24.3 Å². The van der Waals surface area contributed by atoms with E-state index in [2.05, 4.69) is 29.3 Å². The minimum Gasteiger partial charge on any atom is -0.378 e. The second-order valence-corrected chi connectivity index (χ2v) is 6.47. The molecule has 4 heteroatoms. The molecular formula is C18H26N2O2. The number of nitrogens with one attached hydrogen (secondary N) is 1. The van der Waals surface area contributed by atoms with E-state index in [1.165, 1.54) is 25.7 Å². The molecular weight excluding hydrogens is 276 g/mol. The number of hydrogen-bond acceptors (Lipinski definition) is 3. The van der Waals surface area contributed by atoms with Crippen LogP contribution >= 0.6 is 0 Å². The Morgan fingerprint density at radius 3 is 2.73 bits per heavy atom. The van der Waals surface area contributed by atoms with Gasteiger partial charge in [0.1, 0.15) is 0 Å². The average Bonchev–Trinajstić information content (AvgIpc) is 3.09. The van der Waals surface area contributed by atoms with Crippen molar-refractivity contribution in [1.29, 1.82) is 0 Å². The molecule has 2 aliphatic rings. The van der Waals surface area contributed by atoms with E-state index in [-0.39, 0.29) is 11.8 Å². The number of anilines is 2. The van der Waals surface area contributed by atoms with Crippen molar-refractivity contribution >= 4 is 17.3 Å². The molecule has 0 bridgehead atoms. The lowest BCUT2D eigenvalue weighted by atomic mass is 9.92. The van der Waals surface area contributed by atoms with E-state index in [0.29, 0.717) is 5.92 Å². The molecule has 0 radical (unpaired) electrons. The van der Waals surface area contributed by atoms with E-state index in [9.17, 15) is 4.79 Å². The third-order valence-electron chi connectivity index (χ3n) is 5.01. The van der Waals surface area contributed by atoms with Crippen molar-refractivity contribution in [2.45, 2.75) is 32.6 Å². The van der Waals surface area contributed by atoms with Crippen molar-refractivity contribution in [1.82, 2.24) is 0 Å². The zero-order chi connectivity index (χ0) is 15.4. The monoisotopic (exact) mass is 302 g/mol. The van der Waals surface area contributed by atoms with Crippen LogP contribution in [0.5, 0.6) is 0 Å². The lowest BCUT2D eigenvalue weighted by molar-refractivity contribution is -0.120. The summed E-state index contributed by atoms with van der Waals surface area (Å²) in [4.78, 5) is 14.7. The van der Waals surface area contributed by atoms with Gasteiger partial charge in [0.2, 0.25) is 5.91 Å². The zero-order valence-electron chi connectivity index (χ0n) is 13.4. The van der Waals surface area contributed by atoms with Crippen LogP contribution in [0.25, 0.3) is 0 Å². The molecule has 0 spiro atoms. The maximum absolute atomic E-state index is 12.4. The molecule has 1 aliphatic heterocycles. The second-order valence-electron chi connectivity index (χ2n) is 6.47. The standard InChI is InChI=1S/C18H26N2O2/c1-14(15-5-2-3-6-15)18(21)19-16-7-4-8-17(13-16)20-9-11-22-12-10-20/h4,7-8,13-15H,2-3,5-6,9-12H2,1H3,(H,19,21). The number of amides is 1. The summed E-state index contributed by atoms with van der Waals surface area (Å²) in [5.41, 5.74) is 2.06. The number of benzene rings is 1. The highest BCUT2D eigenvalue weighted by molar-refractivity contribution is 5.93. The Balaban J connectivity index is 1.63. The van der Waals surface area contributed by atoms with E-state index < -0.39 is 0 Å². The topological polar surface area (TPSA) is 41.6 Å². The summed E-state index contributed by atoms with van der Waals surface area (Å²) in [6.07, 6.45) is 4.94. The summed E-state index contributed by atoms with van der Waals surface area (Å²) in [5.74, 6) is 0.822. The number of nitrogens with zero attached hydrogens (tertiary/aromatic N) is 1. The summed E-state index contributed by atoms with van der Waals surface area (Å²) >= 11 is 0. The van der Waals surface area contributed by atoms with Gasteiger partial charge < -0.3 is 15.0 Å². The molecule has 1 aliphatic carbocycles. The zero-order valence-corrected chi connectivity index (χ0v) is 13.4. The van der Waals surface area contributed by atoms with Crippen LogP contribution < -0.4 is 10.2 Å². The molecule has 1 heterocycles. The number of carbonyl (C=O) groups is 1. The van der Waals surface area contributed by atoms with Gasteiger partial charge in [0.05, 0.1) is 13.2 Å². The van der Waals surface area contributed by atoms with Crippen molar-refractivity contribution in [2.75, 3.05) is 36.5 Å². The van der Waals surface area contributed by atoms with Crippen LogP contribution in [0.3, 0.4) is 0 Å². The van der Waals surface area contributed by atoms with Crippen LogP contribution in [-0.4, -0.2) is 32.2 Å². The van der Waals surface area contributed by atoms with Gasteiger partial charge in [0.15, 0.2) is 0 Å². The van der Waals surface area contributed by atoms with Crippen molar-refractivity contribution < 1.29 is 9.53 Å². The van der Waals surface area contributed by atoms with Gasteiger partial charge in [-0.1, -0.05) is 25.8 Å². The smallest absolute Gasteiger partial charge is 0.227 e. The fourth-order valence-corrected chi connectivity index (χ4v) is 3.53. The second kappa shape index (κ2) is 7.14. The van der Waals surface area contributed by atoms with Crippen LogP contribution in [0.1, 0.15) is 32.6 Å². The molecule has 0 aromatic heterocycles. The fraction of sp³-hybridized carbons (Fsp3) is 0.611. The van der Waals surface area contributed by atoms with Crippen molar-refractivity contribution in [3.05, 3.63) is 24.3 Å². The van der Waals surface area contributed by atoms with Gasteiger partial charge in [-0.15, -0.1) is 0 Å². The maximum Gasteiger partial charge on any atom is 0.227 e. The lowest BCUT2D eigenvalue weighted by Crippen LogP contribution is -2.36. The van der Waals surface area contributed by atoms with Gasteiger partial charge >= 0.3 is 0 Å². The minimum atomic E-state index is 0.106. The molecule has 1 saturated carbocycles. The molecule has 1 aromatic carbocycles. The molecule has 2 fully saturated rings. The Kier molecular flexibility index (Phi) is 4.98. The summed E-state index contributed by atoms with van der Waals surface area (Å²) in [6, 6.07) is 8.16. The van der Waals surface area contributed by atoms with Gasteiger partial charge in [0, 0.05) is 30.4 Å². The Morgan fingerprint density at radius 1 is 1.27 bits per heavy atom.